The fourth-order valence-corrected chi connectivity index (χ4v) is 13.6. The molecule has 1 unspecified atom stereocenters. The zero-order valence-corrected chi connectivity index (χ0v) is 28.6. The molecule has 7 aromatic rings. The Morgan fingerprint density at radius 1 is 0.556 bits per heavy atom. The third-order valence-corrected chi connectivity index (χ3v) is 16.4. The number of hydrogen-bond acceptors (Lipinski definition) is 0. The van der Waals surface area contributed by atoms with Crippen LogP contribution in [0.15, 0.2) is 133 Å². The molecule has 3 heteroatoms. The van der Waals surface area contributed by atoms with Crippen LogP contribution in [0.1, 0.15) is 22.3 Å². The smallest absolute Gasteiger partial charge is 0.113 e. The Hall–Kier alpha value is -4.45. The first-order valence-electron chi connectivity index (χ1n) is 16.2. The predicted octanol–water partition coefficient (Wildman–Crippen LogP) is 8.83. The van der Waals surface area contributed by atoms with Crippen molar-refractivity contribution in [2.75, 3.05) is 0 Å². The first-order chi connectivity index (χ1) is 21.7. The largest absolute Gasteiger partial charge is 0.309 e. The molecule has 0 amide bonds. The zero-order valence-electron chi connectivity index (χ0n) is 26.6. The molecule has 0 saturated carbocycles. The molecule has 218 valence electrons. The van der Waals surface area contributed by atoms with Gasteiger partial charge >= 0.3 is 0 Å². The van der Waals surface area contributed by atoms with Crippen LogP contribution in [0.3, 0.4) is 0 Å². The minimum atomic E-state index is -2.15. The van der Waals surface area contributed by atoms with Gasteiger partial charge in [-0.05, 0) is 55.9 Å². The van der Waals surface area contributed by atoms with E-state index in [1.54, 1.807) is 10.4 Å². The first-order valence-corrected chi connectivity index (χ1v) is 22.7. The molecule has 1 spiro atoms. The van der Waals surface area contributed by atoms with Crippen molar-refractivity contribution in [3.8, 4) is 16.8 Å². The fourth-order valence-electron chi connectivity index (χ4n) is 8.85. The average molecular weight is 612 g/mol. The van der Waals surface area contributed by atoms with Crippen molar-refractivity contribution in [2.24, 2.45) is 0 Å². The van der Waals surface area contributed by atoms with Crippen molar-refractivity contribution in [1.82, 2.24) is 4.57 Å². The van der Waals surface area contributed by atoms with Gasteiger partial charge in [0.1, 0.15) is 8.07 Å². The van der Waals surface area contributed by atoms with Crippen LogP contribution in [-0.2, 0) is 5.41 Å². The molecule has 6 aromatic carbocycles. The van der Waals surface area contributed by atoms with Crippen LogP contribution in [0.25, 0.3) is 38.6 Å². The van der Waals surface area contributed by atoms with Gasteiger partial charge in [0, 0.05) is 10.8 Å². The third-order valence-electron chi connectivity index (χ3n) is 10.8. The second-order valence-electron chi connectivity index (χ2n) is 14.5. The first kappa shape index (κ1) is 26.9. The lowest BCUT2D eigenvalue weighted by Gasteiger charge is -2.50. The van der Waals surface area contributed by atoms with Gasteiger partial charge in [-0.1, -0.05) is 159 Å². The molecule has 0 fully saturated rings. The van der Waals surface area contributed by atoms with Crippen molar-refractivity contribution in [3.63, 3.8) is 0 Å². The Bertz CT molecular complexity index is 2330. The van der Waals surface area contributed by atoms with Gasteiger partial charge in [-0.2, -0.15) is 0 Å². The maximum Gasteiger partial charge on any atom is 0.113 e. The molecule has 1 atom stereocenters. The van der Waals surface area contributed by atoms with Crippen molar-refractivity contribution in [1.29, 1.82) is 0 Å². The highest BCUT2D eigenvalue weighted by atomic mass is 28.3. The molecule has 3 heterocycles. The van der Waals surface area contributed by atoms with E-state index in [2.05, 4.69) is 171 Å². The molecule has 0 radical (unpaired) electrons. The topological polar surface area (TPSA) is 4.93 Å². The highest BCUT2D eigenvalue weighted by Crippen LogP contribution is 2.55. The lowest BCUT2D eigenvalue weighted by molar-refractivity contribution is 0.732. The maximum absolute atomic E-state index is 2.57. The van der Waals surface area contributed by atoms with Crippen molar-refractivity contribution >= 4 is 53.5 Å². The third kappa shape index (κ3) is 3.38. The summed E-state index contributed by atoms with van der Waals surface area (Å²) in [6.45, 7) is 12.4. The lowest BCUT2D eigenvalue weighted by atomic mass is 9.62. The average Bonchev–Trinajstić information content (AvgIpc) is 3.40. The minimum Gasteiger partial charge on any atom is -0.309 e. The summed E-state index contributed by atoms with van der Waals surface area (Å²) in [5.41, 5.74) is 11.9. The summed E-state index contributed by atoms with van der Waals surface area (Å²) < 4.78 is 2.54. The maximum atomic E-state index is 2.57. The molecule has 2 aliphatic heterocycles. The molecule has 0 bridgehead atoms. The van der Waals surface area contributed by atoms with E-state index < -0.39 is 21.6 Å². The molecule has 0 N–H and O–H groups in total. The molecule has 2 aliphatic rings. The van der Waals surface area contributed by atoms with Gasteiger partial charge in [0.05, 0.1) is 30.2 Å². The van der Waals surface area contributed by atoms with E-state index in [1.165, 1.54) is 66.1 Å². The Kier molecular flexibility index (Phi) is 5.42. The summed E-state index contributed by atoms with van der Waals surface area (Å²) in [4.78, 5) is 0. The monoisotopic (exact) mass is 611 g/mol. The molecule has 0 aliphatic carbocycles. The Balaban J connectivity index is 1.47. The van der Waals surface area contributed by atoms with Crippen LogP contribution in [-0.4, -0.2) is 20.7 Å². The van der Waals surface area contributed by atoms with Gasteiger partial charge in [0.15, 0.2) is 0 Å². The molecule has 0 saturated heterocycles. The fraction of sp³-hybridized carbons (Fsp3) is 0.143. The highest BCUT2D eigenvalue weighted by Gasteiger charge is 2.53. The van der Waals surface area contributed by atoms with Crippen molar-refractivity contribution in [2.45, 2.75) is 38.2 Å². The van der Waals surface area contributed by atoms with E-state index in [1.807, 2.05) is 0 Å². The normalized spacial score (nSPS) is 17.7. The SMILES string of the molecule is C[Si](C)(C)c1ccc(-c2cccc3c2[Si](C)(C)c2ccccc2C32c3ccccc3-n3c4ccccc4c4cccc2c43)cc1. The standard InChI is InChI=1S/C42H37NSi2/c1-44(2,3)29-26-24-28(25-27-29)30-15-12-20-36-41(30)45(4,5)39-23-11-8-18-34(39)42(36)33-17-7-10-22-38(33)43-37-21-9-6-14-31(37)32-16-13-19-35(42)40(32)43/h6-27H,1-5H3. The number of rotatable bonds is 2. The van der Waals surface area contributed by atoms with E-state index in [0.717, 1.165) is 0 Å². The number of aromatic nitrogens is 1. The number of benzene rings is 6. The molecule has 1 nitrogen and oxygen atoms in total. The Labute approximate surface area is 267 Å². The summed E-state index contributed by atoms with van der Waals surface area (Å²) in [6, 6.07) is 51.4. The highest BCUT2D eigenvalue weighted by molar-refractivity contribution is 7.02. The second-order valence-corrected chi connectivity index (χ2v) is 23.9. The molecule has 1 aromatic heterocycles. The van der Waals surface area contributed by atoms with Crippen LogP contribution in [0, 0.1) is 0 Å². The van der Waals surface area contributed by atoms with Crippen LogP contribution < -0.4 is 15.6 Å². The van der Waals surface area contributed by atoms with Crippen LogP contribution >= 0.6 is 0 Å². The summed E-state index contributed by atoms with van der Waals surface area (Å²) in [5, 5.41) is 7.27. The van der Waals surface area contributed by atoms with Crippen LogP contribution in [0.2, 0.25) is 32.7 Å². The number of para-hydroxylation sites is 3. The van der Waals surface area contributed by atoms with Crippen molar-refractivity contribution in [3.05, 3.63) is 156 Å². The van der Waals surface area contributed by atoms with Crippen LogP contribution in [0.5, 0.6) is 0 Å². The Morgan fingerprint density at radius 3 is 1.98 bits per heavy atom. The van der Waals surface area contributed by atoms with Gasteiger partial charge in [-0.15, -0.1) is 0 Å². The van der Waals surface area contributed by atoms with E-state index >= 15 is 0 Å². The summed E-state index contributed by atoms with van der Waals surface area (Å²) in [6.07, 6.45) is 0. The van der Waals surface area contributed by atoms with Crippen molar-refractivity contribution < 1.29 is 0 Å². The lowest BCUT2D eigenvalue weighted by Crippen LogP contribution is -2.64. The predicted molar refractivity (Wildman–Crippen MR) is 198 cm³/mol. The summed E-state index contributed by atoms with van der Waals surface area (Å²) in [7, 11) is -3.55. The van der Waals surface area contributed by atoms with E-state index in [0.29, 0.717) is 0 Å². The van der Waals surface area contributed by atoms with E-state index in [4.69, 9.17) is 0 Å². The minimum absolute atomic E-state index is 0.427. The van der Waals surface area contributed by atoms with E-state index in [-0.39, 0.29) is 0 Å². The van der Waals surface area contributed by atoms with Gasteiger partial charge in [0.25, 0.3) is 0 Å². The summed E-state index contributed by atoms with van der Waals surface area (Å²) in [5.74, 6) is 0. The quantitative estimate of drug-likeness (QED) is 0.172. The molecule has 45 heavy (non-hydrogen) atoms. The van der Waals surface area contributed by atoms with Gasteiger partial charge < -0.3 is 4.57 Å². The van der Waals surface area contributed by atoms with E-state index in [9.17, 15) is 0 Å². The Morgan fingerprint density at radius 2 is 1.18 bits per heavy atom. The summed E-state index contributed by atoms with van der Waals surface area (Å²) >= 11 is 0. The van der Waals surface area contributed by atoms with Gasteiger partial charge in [-0.3, -0.25) is 0 Å². The molecular weight excluding hydrogens is 575 g/mol. The van der Waals surface area contributed by atoms with Crippen LogP contribution in [0.4, 0.5) is 0 Å². The number of hydrogen-bond donors (Lipinski definition) is 0. The zero-order chi connectivity index (χ0) is 30.7. The number of nitrogens with zero attached hydrogens (tertiary/aromatic N) is 1. The number of fused-ring (bicyclic) bond motifs is 11. The van der Waals surface area contributed by atoms with Gasteiger partial charge in [-0.25, -0.2) is 0 Å². The molecule has 9 rings (SSSR count). The molecular formula is C42H37NSi2. The second kappa shape index (κ2) is 9.06. The van der Waals surface area contributed by atoms with Gasteiger partial charge in [0.2, 0.25) is 0 Å².